The number of nitrogens with one attached hydrogen (secondary N) is 1. The fourth-order valence-corrected chi connectivity index (χ4v) is 2.21. The van der Waals surface area contributed by atoms with Gasteiger partial charge in [0.05, 0.1) is 18.2 Å². The van der Waals surface area contributed by atoms with Crippen LogP contribution in [-0.4, -0.2) is 22.2 Å². The van der Waals surface area contributed by atoms with Crippen molar-refractivity contribution in [1.82, 2.24) is 15.1 Å². The van der Waals surface area contributed by atoms with Crippen molar-refractivity contribution in [3.05, 3.63) is 42.1 Å². The molecule has 1 N–H and O–H groups in total. The lowest BCUT2D eigenvalue weighted by atomic mass is 10.1. The van der Waals surface area contributed by atoms with Crippen molar-refractivity contribution in [3.63, 3.8) is 0 Å². The Kier molecular flexibility index (Phi) is 4.56. The first-order valence-corrected chi connectivity index (χ1v) is 6.99. The first-order valence-electron chi connectivity index (χ1n) is 6.99. The second kappa shape index (κ2) is 6.37. The van der Waals surface area contributed by atoms with Gasteiger partial charge in [0.25, 0.3) is 0 Å². The van der Waals surface area contributed by atoms with Crippen molar-refractivity contribution in [2.75, 3.05) is 6.54 Å². The van der Waals surface area contributed by atoms with Gasteiger partial charge in [0, 0.05) is 18.3 Å². The maximum atomic E-state index is 11.8. The lowest BCUT2D eigenvalue weighted by Gasteiger charge is -2.10. The Bertz CT molecular complexity index is 575. The third kappa shape index (κ3) is 3.26. The van der Waals surface area contributed by atoms with Gasteiger partial charge in [0.2, 0.25) is 5.91 Å². The summed E-state index contributed by atoms with van der Waals surface area (Å²) in [7, 11) is 0. The number of hydrogen-bond donors (Lipinski definition) is 1. The van der Waals surface area contributed by atoms with Crippen molar-refractivity contribution in [2.45, 2.75) is 27.3 Å². The molecule has 0 radical (unpaired) electrons. The van der Waals surface area contributed by atoms with E-state index in [2.05, 4.69) is 10.4 Å². The van der Waals surface area contributed by atoms with Gasteiger partial charge in [-0.1, -0.05) is 37.3 Å². The fraction of sp³-hybridized carbons (Fsp3) is 0.375. The number of amides is 1. The van der Waals surface area contributed by atoms with E-state index in [1.807, 2.05) is 62.0 Å². The lowest BCUT2D eigenvalue weighted by molar-refractivity contribution is -0.124. The molecular weight excluding hydrogens is 250 g/mol. The van der Waals surface area contributed by atoms with Crippen molar-refractivity contribution < 1.29 is 4.79 Å². The molecular formula is C16H21N3O. The minimum Gasteiger partial charge on any atom is -0.356 e. The molecule has 4 heteroatoms. The normalized spacial score (nSPS) is 12.2. The minimum atomic E-state index is -0.0853. The first kappa shape index (κ1) is 14.3. The number of nitrogens with zero attached hydrogens (tertiary/aromatic N) is 2. The SMILES string of the molecule is CCNC(=O)C(C)Cn1cc(C)c(-c2ccccc2)n1. The number of benzene rings is 1. The summed E-state index contributed by atoms with van der Waals surface area (Å²) in [6.45, 7) is 7.15. The van der Waals surface area contributed by atoms with Crippen molar-refractivity contribution in [3.8, 4) is 11.3 Å². The molecule has 1 heterocycles. The van der Waals surface area contributed by atoms with Gasteiger partial charge in [-0.3, -0.25) is 9.48 Å². The summed E-state index contributed by atoms with van der Waals surface area (Å²) < 4.78 is 1.86. The number of hydrogen-bond acceptors (Lipinski definition) is 2. The molecule has 2 aromatic rings. The van der Waals surface area contributed by atoms with E-state index in [4.69, 9.17) is 0 Å². The van der Waals surface area contributed by atoms with E-state index in [0.29, 0.717) is 13.1 Å². The zero-order valence-corrected chi connectivity index (χ0v) is 12.3. The molecule has 20 heavy (non-hydrogen) atoms. The standard InChI is InChI=1S/C16H21N3O/c1-4-17-16(20)13(3)11-19-10-12(2)15(18-19)14-8-6-5-7-9-14/h5-10,13H,4,11H2,1-3H3,(H,17,20). The molecule has 0 saturated carbocycles. The van der Waals surface area contributed by atoms with Gasteiger partial charge in [-0.2, -0.15) is 5.10 Å². The summed E-state index contributed by atoms with van der Waals surface area (Å²) in [5.41, 5.74) is 3.21. The smallest absolute Gasteiger partial charge is 0.224 e. The molecule has 0 saturated heterocycles. The molecule has 4 nitrogen and oxygen atoms in total. The maximum absolute atomic E-state index is 11.8. The maximum Gasteiger partial charge on any atom is 0.224 e. The Labute approximate surface area is 119 Å². The molecule has 0 fully saturated rings. The Morgan fingerprint density at radius 2 is 2.05 bits per heavy atom. The third-order valence-electron chi connectivity index (χ3n) is 3.25. The van der Waals surface area contributed by atoms with Crippen LogP contribution in [0, 0.1) is 12.8 Å². The molecule has 1 aromatic heterocycles. The summed E-state index contributed by atoms with van der Waals surface area (Å²) in [6, 6.07) is 10.1. The molecule has 0 spiro atoms. The van der Waals surface area contributed by atoms with Crippen LogP contribution in [0.2, 0.25) is 0 Å². The number of carbonyl (C=O) groups is 1. The third-order valence-corrected chi connectivity index (χ3v) is 3.25. The van der Waals surface area contributed by atoms with Crippen LogP contribution >= 0.6 is 0 Å². The second-order valence-electron chi connectivity index (χ2n) is 5.04. The largest absolute Gasteiger partial charge is 0.356 e. The second-order valence-corrected chi connectivity index (χ2v) is 5.04. The van der Waals surface area contributed by atoms with Crippen LogP contribution in [0.25, 0.3) is 11.3 Å². The molecule has 1 amide bonds. The van der Waals surface area contributed by atoms with E-state index in [1.54, 1.807) is 0 Å². The van der Waals surface area contributed by atoms with Crippen LogP contribution in [0.3, 0.4) is 0 Å². The minimum absolute atomic E-state index is 0.0712. The van der Waals surface area contributed by atoms with E-state index in [0.717, 1.165) is 16.8 Å². The van der Waals surface area contributed by atoms with Crippen LogP contribution in [0.4, 0.5) is 0 Å². The number of rotatable bonds is 5. The summed E-state index contributed by atoms with van der Waals surface area (Å²) in [5.74, 6) is -0.0141. The Hall–Kier alpha value is -2.10. The Morgan fingerprint density at radius 1 is 1.35 bits per heavy atom. The van der Waals surface area contributed by atoms with Gasteiger partial charge in [-0.25, -0.2) is 0 Å². The highest BCUT2D eigenvalue weighted by Gasteiger charge is 2.14. The van der Waals surface area contributed by atoms with Crippen LogP contribution in [0.15, 0.2) is 36.5 Å². The first-order chi connectivity index (χ1) is 9.61. The van der Waals surface area contributed by atoms with Gasteiger partial charge >= 0.3 is 0 Å². The Morgan fingerprint density at radius 3 is 2.70 bits per heavy atom. The van der Waals surface area contributed by atoms with Crippen LogP contribution in [0.1, 0.15) is 19.4 Å². The number of aryl methyl sites for hydroxylation is 1. The number of carbonyl (C=O) groups excluding carboxylic acids is 1. The monoisotopic (exact) mass is 271 g/mol. The predicted molar refractivity (Wildman–Crippen MR) is 80.2 cm³/mol. The molecule has 0 aliphatic rings. The van der Waals surface area contributed by atoms with E-state index >= 15 is 0 Å². The van der Waals surface area contributed by atoms with E-state index in [1.165, 1.54) is 0 Å². The summed E-state index contributed by atoms with van der Waals surface area (Å²) in [4.78, 5) is 11.8. The molecule has 0 aliphatic heterocycles. The highest BCUT2D eigenvalue weighted by atomic mass is 16.1. The van der Waals surface area contributed by atoms with Gasteiger partial charge in [-0.15, -0.1) is 0 Å². The van der Waals surface area contributed by atoms with Crippen LogP contribution in [-0.2, 0) is 11.3 Å². The summed E-state index contributed by atoms with van der Waals surface area (Å²) in [6.07, 6.45) is 2.00. The molecule has 106 valence electrons. The molecule has 2 rings (SSSR count). The fourth-order valence-electron chi connectivity index (χ4n) is 2.21. The van der Waals surface area contributed by atoms with E-state index in [-0.39, 0.29) is 11.8 Å². The lowest BCUT2D eigenvalue weighted by Crippen LogP contribution is -2.31. The van der Waals surface area contributed by atoms with Gasteiger partial charge < -0.3 is 5.32 Å². The summed E-state index contributed by atoms with van der Waals surface area (Å²) in [5, 5.41) is 7.44. The van der Waals surface area contributed by atoms with Crippen molar-refractivity contribution >= 4 is 5.91 Å². The molecule has 1 atom stereocenters. The quantitative estimate of drug-likeness (QED) is 0.908. The Balaban J connectivity index is 2.14. The van der Waals surface area contributed by atoms with Gasteiger partial charge in [0.1, 0.15) is 0 Å². The van der Waals surface area contributed by atoms with Crippen molar-refractivity contribution in [2.24, 2.45) is 5.92 Å². The average molecular weight is 271 g/mol. The average Bonchev–Trinajstić information content (AvgIpc) is 2.80. The van der Waals surface area contributed by atoms with Crippen molar-refractivity contribution in [1.29, 1.82) is 0 Å². The predicted octanol–water partition coefficient (Wildman–Crippen LogP) is 2.63. The van der Waals surface area contributed by atoms with Gasteiger partial charge in [-0.05, 0) is 19.4 Å². The van der Waals surface area contributed by atoms with Crippen LogP contribution in [0.5, 0.6) is 0 Å². The molecule has 1 aromatic carbocycles. The van der Waals surface area contributed by atoms with E-state index < -0.39 is 0 Å². The van der Waals surface area contributed by atoms with Crippen LogP contribution < -0.4 is 5.32 Å². The topological polar surface area (TPSA) is 46.9 Å². The highest BCUT2D eigenvalue weighted by Crippen LogP contribution is 2.21. The molecule has 0 bridgehead atoms. The van der Waals surface area contributed by atoms with E-state index in [9.17, 15) is 4.79 Å². The highest BCUT2D eigenvalue weighted by molar-refractivity contribution is 5.78. The van der Waals surface area contributed by atoms with Gasteiger partial charge in [0.15, 0.2) is 0 Å². The zero-order chi connectivity index (χ0) is 14.5. The number of aromatic nitrogens is 2. The molecule has 1 unspecified atom stereocenters. The molecule has 0 aliphatic carbocycles. The zero-order valence-electron chi connectivity index (χ0n) is 12.3. The summed E-state index contributed by atoms with van der Waals surface area (Å²) >= 11 is 0.